The van der Waals surface area contributed by atoms with Crippen molar-refractivity contribution in [2.75, 3.05) is 38.1 Å². The van der Waals surface area contributed by atoms with Crippen molar-refractivity contribution in [3.05, 3.63) is 22.8 Å². The van der Waals surface area contributed by atoms with Gasteiger partial charge in [0.2, 0.25) is 5.91 Å². The SMILES string of the molecule is O=C(O)NCCCC(=O)N1CCCC1CNC(=O)c1ccc(Cl)nc1NCC[C@H]1CCCCO1. The number of carboxylic acid groups (broad SMARTS) is 1. The Morgan fingerprint density at radius 3 is 2.76 bits per heavy atom. The number of hydrogen-bond donors (Lipinski definition) is 4. The molecule has 0 aromatic carbocycles. The number of rotatable bonds is 11. The van der Waals surface area contributed by atoms with Crippen LogP contribution in [0.4, 0.5) is 10.6 Å². The van der Waals surface area contributed by atoms with Crippen molar-refractivity contribution >= 4 is 35.3 Å². The number of amides is 3. The molecular weight excluding hydrogens is 462 g/mol. The van der Waals surface area contributed by atoms with E-state index in [4.69, 9.17) is 21.4 Å². The van der Waals surface area contributed by atoms with Crippen LogP contribution in [0, 0.1) is 0 Å². The van der Waals surface area contributed by atoms with Crippen LogP contribution in [-0.2, 0) is 9.53 Å². The van der Waals surface area contributed by atoms with Gasteiger partial charge in [-0.05, 0) is 57.1 Å². The van der Waals surface area contributed by atoms with Gasteiger partial charge < -0.3 is 30.7 Å². The van der Waals surface area contributed by atoms with Crippen molar-refractivity contribution in [2.24, 2.45) is 0 Å². The third-order valence-electron chi connectivity index (χ3n) is 6.18. The van der Waals surface area contributed by atoms with Gasteiger partial charge in [0.15, 0.2) is 0 Å². The van der Waals surface area contributed by atoms with Gasteiger partial charge >= 0.3 is 6.09 Å². The Morgan fingerprint density at radius 2 is 2.00 bits per heavy atom. The summed E-state index contributed by atoms with van der Waals surface area (Å²) in [6.45, 7) is 2.65. The number of pyridine rings is 1. The molecule has 2 aliphatic rings. The lowest BCUT2D eigenvalue weighted by Crippen LogP contribution is -2.43. The number of likely N-dealkylation sites (tertiary alicyclic amines) is 1. The van der Waals surface area contributed by atoms with Gasteiger partial charge in [-0.15, -0.1) is 0 Å². The lowest BCUT2D eigenvalue weighted by Gasteiger charge is -2.25. The first-order chi connectivity index (χ1) is 16.4. The van der Waals surface area contributed by atoms with E-state index in [1.165, 1.54) is 6.42 Å². The summed E-state index contributed by atoms with van der Waals surface area (Å²) in [5, 5.41) is 17.4. The molecule has 2 aliphatic heterocycles. The van der Waals surface area contributed by atoms with Crippen molar-refractivity contribution in [2.45, 2.75) is 63.5 Å². The second-order valence-corrected chi connectivity index (χ2v) is 9.05. The zero-order chi connectivity index (χ0) is 24.3. The van der Waals surface area contributed by atoms with Gasteiger partial charge in [0, 0.05) is 45.2 Å². The van der Waals surface area contributed by atoms with Crippen LogP contribution in [0.3, 0.4) is 0 Å². The molecule has 1 unspecified atom stereocenters. The summed E-state index contributed by atoms with van der Waals surface area (Å²) in [6, 6.07) is 3.16. The molecule has 1 aromatic heterocycles. The fourth-order valence-electron chi connectivity index (χ4n) is 4.40. The van der Waals surface area contributed by atoms with Gasteiger partial charge in [-0.3, -0.25) is 9.59 Å². The molecule has 4 N–H and O–H groups in total. The quantitative estimate of drug-likeness (QED) is 0.274. The Hall–Kier alpha value is -2.59. The number of carbonyl (C=O) groups is 3. The lowest BCUT2D eigenvalue weighted by atomic mass is 10.1. The minimum absolute atomic E-state index is 0.0237. The van der Waals surface area contributed by atoms with E-state index in [0.29, 0.717) is 42.6 Å². The molecule has 2 fully saturated rings. The molecule has 34 heavy (non-hydrogen) atoms. The molecule has 11 heteroatoms. The lowest BCUT2D eigenvalue weighted by molar-refractivity contribution is -0.132. The van der Waals surface area contributed by atoms with Gasteiger partial charge in [0.25, 0.3) is 5.91 Å². The van der Waals surface area contributed by atoms with E-state index in [0.717, 1.165) is 38.7 Å². The fourth-order valence-corrected chi connectivity index (χ4v) is 4.55. The molecule has 2 atom stereocenters. The molecule has 3 rings (SSSR count). The highest BCUT2D eigenvalue weighted by Gasteiger charge is 2.29. The number of anilines is 1. The zero-order valence-electron chi connectivity index (χ0n) is 19.4. The van der Waals surface area contributed by atoms with Gasteiger partial charge in [-0.2, -0.15) is 0 Å². The summed E-state index contributed by atoms with van der Waals surface area (Å²) < 4.78 is 5.76. The van der Waals surface area contributed by atoms with E-state index < -0.39 is 6.09 Å². The van der Waals surface area contributed by atoms with Crippen molar-refractivity contribution in [1.82, 2.24) is 20.5 Å². The smallest absolute Gasteiger partial charge is 0.404 e. The summed E-state index contributed by atoms with van der Waals surface area (Å²) in [5.41, 5.74) is 0.407. The van der Waals surface area contributed by atoms with E-state index in [1.807, 2.05) is 0 Å². The summed E-state index contributed by atoms with van der Waals surface area (Å²) in [7, 11) is 0. The molecule has 3 amide bonds. The molecule has 0 aliphatic carbocycles. The van der Waals surface area contributed by atoms with Crippen LogP contribution in [-0.4, -0.2) is 77.8 Å². The molecule has 0 saturated carbocycles. The average Bonchev–Trinajstić information content (AvgIpc) is 3.30. The normalized spacial score (nSPS) is 20.1. The maximum absolute atomic E-state index is 12.9. The van der Waals surface area contributed by atoms with Crippen molar-refractivity contribution in [3.8, 4) is 0 Å². The predicted molar refractivity (Wildman–Crippen MR) is 128 cm³/mol. The van der Waals surface area contributed by atoms with Crippen molar-refractivity contribution in [1.29, 1.82) is 0 Å². The molecule has 0 spiro atoms. The van der Waals surface area contributed by atoms with Crippen LogP contribution in [0.5, 0.6) is 0 Å². The molecule has 0 bridgehead atoms. The molecule has 1 aromatic rings. The van der Waals surface area contributed by atoms with E-state index in [9.17, 15) is 14.4 Å². The second kappa shape index (κ2) is 13.3. The summed E-state index contributed by atoms with van der Waals surface area (Å²) >= 11 is 6.06. The summed E-state index contributed by atoms with van der Waals surface area (Å²) in [6.07, 6.45) is 5.68. The zero-order valence-corrected chi connectivity index (χ0v) is 20.1. The Morgan fingerprint density at radius 1 is 1.15 bits per heavy atom. The number of nitrogens with one attached hydrogen (secondary N) is 3. The molecule has 10 nitrogen and oxygen atoms in total. The summed E-state index contributed by atoms with van der Waals surface area (Å²) in [5.74, 6) is 0.140. The topological polar surface area (TPSA) is 133 Å². The number of halogens is 1. The van der Waals surface area contributed by atoms with Crippen LogP contribution in [0.25, 0.3) is 0 Å². The first-order valence-corrected chi connectivity index (χ1v) is 12.4. The minimum atomic E-state index is -1.10. The highest BCUT2D eigenvalue weighted by molar-refractivity contribution is 6.29. The van der Waals surface area contributed by atoms with Crippen LogP contribution in [0.2, 0.25) is 5.15 Å². The highest BCUT2D eigenvalue weighted by Crippen LogP contribution is 2.21. The van der Waals surface area contributed by atoms with Crippen LogP contribution < -0.4 is 16.0 Å². The standard InChI is InChI=1S/C23H34ClN5O5/c24-19-9-8-18(21(28-19)25-12-10-17-6-1-2-14-34-17)22(31)27-15-16-5-4-13-29(16)20(30)7-3-11-26-23(32)33/h8-9,16-17,26H,1-7,10-15H2,(H,25,28)(H,27,31)(H,32,33)/t16?,17-/m1/s1. The molecule has 0 radical (unpaired) electrons. The predicted octanol–water partition coefficient (Wildman–Crippen LogP) is 2.87. The van der Waals surface area contributed by atoms with Crippen LogP contribution in [0.1, 0.15) is 61.7 Å². The van der Waals surface area contributed by atoms with E-state index in [-0.39, 0.29) is 36.9 Å². The van der Waals surface area contributed by atoms with E-state index in [1.54, 1.807) is 17.0 Å². The number of nitrogens with zero attached hydrogens (tertiary/aromatic N) is 2. The highest BCUT2D eigenvalue weighted by atomic mass is 35.5. The fraction of sp³-hybridized carbons (Fsp3) is 0.652. The number of carbonyl (C=O) groups excluding carboxylic acids is 2. The van der Waals surface area contributed by atoms with Crippen molar-refractivity contribution < 1.29 is 24.2 Å². The van der Waals surface area contributed by atoms with E-state index in [2.05, 4.69) is 20.9 Å². The van der Waals surface area contributed by atoms with Gasteiger partial charge in [-0.1, -0.05) is 11.6 Å². The number of hydrogen-bond acceptors (Lipinski definition) is 6. The first-order valence-electron chi connectivity index (χ1n) is 12.0. The van der Waals surface area contributed by atoms with Gasteiger partial charge in [0.1, 0.15) is 11.0 Å². The third kappa shape index (κ3) is 8.02. The minimum Gasteiger partial charge on any atom is -0.465 e. The molecule has 188 valence electrons. The van der Waals surface area contributed by atoms with Gasteiger partial charge in [-0.25, -0.2) is 9.78 Å². The van der Waals surface area contributed by atoms with Crippen LogP contribution in [0.15, 0.2) is 12.1 Å². The Balaban J connectivity index is 1.49. The average molecular weight is 496 g/mol. The van der Waals surface area contributed by atoms with Crippen molar-refractivity contribution in [3.63, 3.8) is 0 Å². The Labute approximate surface area is 204 Å². The van der Waals surface area contributed by atoms with Crippen LogP contribution >= 0.6 is 11.6 Å². The number of ether oxygens (including phenoxy) is 1. The maximum Gasteiger partial charge on any atom is 0.404 e. The monoisotopic (exact) mass is 495 g/mol. The molecular formula is C23H34ClN5O5. The third-order valence-corrected chi connectivity index (χ3v) is 6.39. The first kappa shape index (κ1) is 26.0. The molecule has 2 saturated heterocycles. The summed E-state index contributed by atoms with van der Waals surface area (Å²) in [4.78, 5) is 42.1. The van der Waals surface area contributed by atoms with E-state index >= 15 is 0 Å². The Kier molecular flexibility index (Phi) is 10.2. The number of aromatic nitrogens is 1. The maximum atomic E-state index is 12.9. The van der Waals surface area contributed by atoms with Gasteiger partial charge in [0.05, 0.1) is 11.7 Å². The largest absolute Gasteiger partial charge is 0.465 e. The Bertz CT molecular complexity index is 849. The molecule has 3 heterocycles. The second-order valence-electron chi connectivity index (χ2n) is 8.66.